The molecule has 1 amide bonds. The van der Waals surface area contributed by atoms with E-state index in [2.05, 4.69) is 0 Å². The smallest absolute Gasteiger partial charge is 0.397 e. The first-order chi connectivity index (χ1) is 9.86. The second-order valence-electron chi connectivity index (χ2n) is 5.53. The Morgan fingerprint density at radius 1 is 1.33 bits per heavy atom. The molecule has 4 nitrogen and oxygen atoms in total. The van der Waals surface area contributed by atoms with E-state index < -0.39 is 11.7 Å². The van der Waals surface area contributed by atoms with Crippen LogP contribution in [0.1, 0.15) is 35.8 Å². The molecule has 0 atom stereocenters. The van der Waals surface area contributed by atoms with Crippen molar-refractivity contribution in [1.82, 2.24) is 9.47 Å². The Morgan fingerprint density at radius 2 is 2.05 bits per heavy atom. The van der Waals surface area contributed by atoms with Crippen molar-refractivity contribution in [2.45, 2.75) is 31.5 Å². The maximum Gasteiger partial charge on any atom is 0.412 e. The van der Waals surface area contributed by atoms with Crippen LogP contribution in [-0.4, -0.2) is 34.6 Å². The van der Waals surface area contributed by atoms with Gasteiger partial charge in [0.15, 0.2) is 0 Å². The molecule has 21 heavy (non-hydrogen) atoms. The van der Waals surface area contributed by atoms with Crippen molar-refractivity contribution >= 4 is 11.6 Å². The summed E-state index contributed by atoms with van der Waals surface area (Å²) >= 11 is 0. The number of aromatic nitrogens is 1. The Balaban J connectivity index is 1.77. The lowest BCUT2D eigenvalue weighted by Gasteiger charge is -2.27. The first-order valence-electron chi connectivity index (χ1n) is 6.89. The summed E-state index contributed by atoms with van der Waals surface area (Å²) in [5.41, 5.74) is 6.17. The fraction of sp³-hybridized carbons (Fsp3) is 0.500. The number of nitrogen functional groups attached to an aromatic ring is 1. The first-order valence-corrected chi connectivity index (χ1v) is 6.89. The number of alkyl halides is 3. The predicted octanol–water partition coefficient (Wildman–Crippen LogP) is 2.74. The molecule has 1 aromatic heterocycles. The second-order valence-corrected chi connectivity index (χ2v) is 5.53. The number of halogens is 3. The molecule has 114 valence electrons. The number of carbonyl (C=O) groups excluding carboxylic acids is 1. The number of nitrogens with two attached hydrogens (primary N) is 1. The van der Waals surface area contributed by atoms with E-state index in [1.165, 1.54) is 4.90 Å². The largest absolute Gasteiger partial charge is 0.412 e. The van der Waals surface area contributed by atoms with Crippen LogP contribution in [0, 0.1) is 0 Å². The summed E-state index contributed by atoms with van der Waals surface area (Å²) in [4.78, 5) is 13.9. The van der Waals surface area contributed by atoms with Gasteiger partial charge in [0.05, 0.1) is 5.69 Å². The van der Waals surface area contributed by atoms with E-state index in [0.29, 0.717) is 17.4 Å². The van der Waals surface area contributed by atoms with Crippen molar-refractivity contribution in [3.63, 3.8) is 0 Å². The van der Waals surface area contributed by atoms with Crippen LogP contribution in [0.5, 0.6) is 0 Å². The van der Waals surface area contributed by atoms with E-state index >= 15 is 0 Å². The molecule has 0 saturated heterocycles. The monoisotopic (exact) mass is 299 g/mol. The van der Waals surface area contributed by atoms with Gasteiger partial charge in [-0.25, -0.2) is 0 Å². The maximum absolute atomic E-state index is 12.6. The highest BCUT2D eigenvalue weighted by atomic mass is 19.4. The number of carbonyl (C=O) groups is 1. The predicted molar refractivity (Wildman–Crippen MR) is 71.8 cm³/mol. The van der Waals surface area contributed by atoms with Gasteiger partial charge in [0.1, 0.15) is 5.69 Å². The maximum atomic E-state index is 12.6. The lowest BCUT2D eigenvalue weighted by atomic mass is 10.1. The van der Waals surface area contributed by atoms with E-state index in [-0.39, 0.29) is 25.4 Å². The van der Waals surface area contributed by atoms with Crippen LogP contribution in [0.2, 0.25) is 0 Å². The fourth-order valence-corrected chi connectivity index (χ4v) is 2.60. The molecule has 0 spiro atoms. The zero-order valence-electron chi connectivity index (χ0n) is 11.4. The zero-order chi connectivity index (χ0) is 15.2. The molecule has 2 heterocycles. The average Bonchev–Trinajstić information content (AvgIpc) is 3.20. The molecule has 1 aromatic rings. The first kappa shape index (κ1) is 14.0. The zero-order valence-corrected chi connectivity index (χ0v) is 11.4. The van der Waals surface area contributed by atoms with E-state index in [4.69, 9.17) is 5.73 Å². The third kappa shape index (κ3) is 2.77. The molecule has 2 aliphatic rings. The summed E-state index contributed by atoms with van der Waals surface area (Å²) in [6.45, 7) is 0.0728. The minimum Gasteiger partial charge on any atom is -0.397 e. The molecule has 1 saturated carbocycles. The highest BCUT2D eigenvalue weighted by Gasteiger charge is 2.36. The quantitative estimate of drug-likeness (QED) is 0.854. The molecule has 3 rings (SSSR count). The van der Waals surface area contributed by atoms with E-state index in [9.17, 15) is 18.0 Å². The molecule has 0 bridgehead atoms. The molecule has 2 N–H and O–H groups in total. The Bertz CT molecular complexity index is 599. The summed E-state index contributed by atoms with van der Waals surface area (Å²) < 4.78 is 39.6. The molecule has 0 radical (unpaired) electrons. The highest BCUT2D eigenvalue weighted by molar-refractivity contribution is 5.94. The van der Waals surface area contributed by atoms with Gasteiger partial charge in [-0.1, -0.05) is 6.08 Å². The highest BCUT2D eigenvalue weighted by Crippen LogP contribution is 2.37. The lowest BCUT2D eigenvalue weighted by Crippen LogP contribution is -2.37. The molecule has 1 fully saturated rings. The van der Waals surface area contributed by atoms with Crippen LogP contribution >= 0.6 is 0 Å². The number of nitrogens with zero attached hydrogens (tertiary/aromatic N) is 2. The molecule has 0 aromatic carbocycles. The summed E-state index contributed by atoms with van der Waals surface area (Å²) in [5, 5.41) is 0. The molecule has 1 aliphatic heterocycles. The van der Waals surface area contributed by atoms with Gasteiger partial charge in [0.2, 0.25) is 0 Å². The summed E-state index contributed by atoms with van der Waals surface area (Å²) in [6.07, 6.45) is 0.378. The number of rotatable bonds is 2. The summed E-state index contributed by atoms with van der Waals surface area (Å²) in [5.74, 6) is -0.254. The topological polar surface area (TPSA) is 51.3 Å². The third-order valence-electron chi connectivity index (χ3n) is 3.89. The molecule has 0 unspecified atom stereocenters. The van der Waals surface area contributed by atoms with Gasteiger partial charge < -0.3 is 15.2 Å². The van der Waals surface area contributed by atoms with Crippen molar-refractivity contribution in [2.24, 2.45) is 0 Å². The van der Waals surface area contributed by atoms with Crippen molar-refractivity contribution in [2.75, 3.05) is 18.8 Å². The fourth-order valence-electron chi connectivity index (χ4n) is 2.60. The van der Waals surface area contributed by atoms with Crippen LogP contribution in [0.4, 0.5) is 18.9 Å². The van der Waals surface area contributed by atoms with Crippen molar-refractivity contribution < 1.29 is 18.0 Å². The van der Waals surface area contributed by atoms with Gasteiger partial charge in [-0.2, -0.15) is 13.2 Å². The Kier molecular flexibility index (Phi) is 3.22. The molecular weight excluding hydrogens is 283 g/mol. The number of amides is 1. The van der Waals surface area contributed by atoms with Gasteiger partial charge in [0, 0.05) is 30.9 Å². The van der Waals surface area contributed by atoms with Gasteiger partial charge in [-0.15, -0.1) is 0 Å². The standard InChI is InChI=1S/C14H16F3N3O/c15-14(16,17)9-3-5-19(6-4-9)13(21)12-7-10(18)8-20(12)11-1-2-11/h3,7-8,11H,1-2,4-6,18H2. The summed E-state index contributed by atoms with van der Waals surface area (Å²) in [7, 11) is 0. The van der Waals surface area contributed by atoms with Crippen LogP contribution in [0.25, 0.3) is 0 Å². The van der Waals surface area contributed by atoms with E-state index in [1.54, 1.807) is 12.3 Å². The normalized spacial score (nSPS) is 19.6. The van der Waals surface area contributed by atoms with E-state index in [1.807, 2.05) is 4.57 Å². The SMILES string of the molecule is Nc1cc(C(=O)N2CC=C(C(F)(F)F)CC2)n(C2CC2)c1. The average molecular weight is 299 g/mol. The molecular formula is C14H16F3N3O. The third-order valence-corrected chi connectivity index (χ3v) is 3.89. The van der Waals surface area contributed by atoms with Crippen molar-refractivity contribution in [3.05, 3.63) is 29.6 Å². The van der Waals surface area contributed by atoms with Crippen LogP contribution in [-0.2, 0) is 0 Å². The van der Waals surface area contributed by atoms with Crippen LogP contribution in [0.3, 0.4) is 0 Å². The second kappa shape index (κ2) is 4.82. The lowest BCUT2D eigenvalue weighted by molar-refractivity contribution is -0.0957. The van der Waals surface area contributed by atoms with Gasteiger partial charge in [-0.05, 0) is 25.3 Å². The Morgan fingerprint density at radius 3 is 2.57 bits per heavy atom. The van der Waals surface area contributed by atoms with Crippen LogP contribution in [0.15, 0.2) is 23.9 Å². The Labute approximate surface area is 120 Å². The van der Waals surface area contributed by atoms with Gasteiger partial charge in [-0.3, -0.25) is 4.79 Å². The van der Waals surface area contributed by atoms with Crippen molar-refractivity contribution in [1.29, 1.82) is 0 Å². The molecule has 7 heteroatoms. The minimum absolute atomic E-state index is 0.0105. The summed E-state index contributed by atoms with van der Waals surface area (Å²) in [6, 6.07) is 1.90. The Hall–Kier alpha value is -1.92. The van der Waals surface area contributed by atoms with Crippen molar-refractivity contribution in [3.8, 4) is 0 Å². The van der Waals surface area contributed by atoms with E-state index in [0.717, 1.165) is 18.9 Å². The number of hydrogen-bond donors (Lipinski definition) is 1. The number of anilines is 1. The number of hydrogen-bond acceptors (Lipinski definition) is 2. The minimum atomic E-state index is -4.30. The van der Waals surface area contributed by atoms with Gasteiger partial charge in [0.25, 0.3) is 5.91 Å². The van der Waals surface area contributed by atoms with Crippen LogP contribution < -0.4 is 5.73 Å². The van der Waals surface area contributed by atoms with Gasteiger partial charge >= 0.3 is 6.18 Å². The molecule has 1 aliphatic carbocycles.